The fraction of sp³-hybridized carbons (Fsp3) is 0.143. The quantitative estimate of drug-likeness (QED) is 0.223. The van der Waals surface area contributed by atoms with E-state index in [1.54, 1.807) is 0 Å². The Hall–Kier alpha value is 0.150. The second-order valence-electron chi connectivity index (χ2n) is 4.02. The van der Waals surface area contributed by atoms with Gasteiger partial charge in [0.25, 0.3) is 0 Å². The first kappa shape index (κ1) is 18.5. The van der Waals surface area contributed by atoms with Crippen LogP contribution in [0.3, 0.4) is 0 Å². The van der Waals surface area contributed by atoms with Gasteiger partial charge in [-0.25, -0.2) is 7.94 Å². The Kier molecular flexibility index (Phi) is 9.79. The molecule has 0 saturated heterocycles. The van der Waals surface area contributed by atoms with E-state index in [1.165, 1.54) is 32.7 Å². The SMILES string of the molecule is OP(OSSCc1ccccc1)OSSCc1ccccc1. The number of rotatable bonds is 10. The van der Waals surface area contributed by atoms with Crippen LogP contribution >= 0.6 is 52.3 Å². The first-order valence-electron chi connectivity index (χ1n) is 6.34. The molecule has 0 radical (unpaired) electrons. The van der Waals surface area contributed by atoms with Crippen LogP contribution in [0, 0.1) is 0 Å². The summed E-state index contributed by atoms with van der Waals surface area (Å²) in [5.41, 5.74) is 2.44. The third kappa shape index (κ3) is 8.13. The maximum Gasteiger partial charge on any atom is 0.355 e. The van der Waals surface area contributed by atoms with Crippen LogP contribution in [0.4, 0.5) is 0 Å². The molecule has 0 aliphatic carbocycles. The van der Waals surface area contributed by atoms with Crippen LogP contribution in [-0.2, 0) is 19.4 Å². The summed E-state index contributed by atoms with van der Waals surface area (Å²) in [6.07, 6.45) is 0. The van der Waals surface area contributed by atoms with Gasteiger partial charge in [0.2, 0.25) is 0 Å². The number of benzene rings is 2. The Bertz CT molecular complexity index is 471. The second-order valence-corrected chi connectivity index (χ2v) is 9.24. The lowest BCUT2D eigenvalue weighted by molar-refractivity contribution is 0.435. The van der Waals surface area contributed by atoms with E-state index in [4.69, 9.17) is 7.94 Å². The molecule has 0 aliphatic heterocycles. The maximum atomic E-state index is 9.60. The number of hydrogen-bond acceptors (Lipinski definition) is 7. The third-order valence-corrected chi connectivity index (χ3v) is 7.40. The summed E-state index contributed by atoms with van der Waals surface area (Å²) in [4.78, 5) is 9.60. The predicted octanol–water partition coefficient (Wildman–Crippen LogP) is 6.23. The molecule has 22 heavy (non-hydrogen) atoms. The van der Waals surface area contributed by atoms with Crippen molar-refractivity contribution < 1.29 is 12.8 Å². The van der Waals surface area contributed by atoms with Crippen LogP contribution in [0.1, 0.15) is 11.1 Å². The van der Waals surface area contributed by atoms with Crippen molar-refractivity contribution in [3.05, 3.63) is 71.8 Å². The summed E-state index contributed by atoms with van der Waals surface area (Å²) >= 11 is 2.32. The van der Waals surface area contributed by atoms with Gasteiger partial charge in [-0.1, -0.05) is 82.3 Å². The van der Waals surface area contributed by atoms with Crippen LogP contribution in [0.25, 0.3) is 0 Å². The Balaban J connectivity index is 1.48. The van der Waals surface area contributed by atoms with Crippen LogP contribution in [-0.4, -0.2) is 4.89 Å². The van der Waals surface area contributed by atoms with E-state index in [0.717, 1.165) is 33.7 Å². The van der Waals surface area contributed by atoms with Gasteiger partial charge in [-0.2, -0.15) is 0 Å². The van der Waals surface area contributed by atoms with Crippen molar-refractivity contribution in [1.82, 2.24) is 0 Å². The summed E-state index contributed by atoms with van der Waals surface area (Å²) in [7, 11) is 1.19. The molecule has 0 amide bonds. The molecule has 0 unspecified atom stereocenters. The molecule has 0 saturated carbocycles. The lowest BCUT2D eigenvalue weighted by Gasteiger charge is -2.07. The van der Waals surface area contributed by atoms with Crippen LogP contribution < -0.4 is 0 Å². The second kappa shape index (κ2) is 11.6. The highest BCUT2D eigenvalue weighted by Crippen LogP contribution is 2.48. The Labute approximate surface area is 148 Å². The van der Waals surface area contributed by atoms with Gasteiger partial charge in [0, 0.05) is 11.5 Å². The van der Waals surface area contributed by atoms with Gasteiger partial charge < -0.3 is 4.89 Å². The van der Waals surface area contributed by atoms with Crippen molar-refractivity contribution in [3.8, 4) is 0 Å². The van der Waals surface area contributed by atoms with Gasteiger partial charge in [-0.3, -0.25) is 0 Å². The van der Waals surface area contributed by atoms with Crippen molar-refractivity contribution in [2.75, 3.05) is 0 Å². The van der Waals surface area contributed by atoms with Crippen LogP contribution in [0.15, 0.2) is 60.7 Å². The van der Waals surface area contributed by atoms with E-state index >= 15 is 0 Å². The standard InChI is InChI=1S/C14H15O3PS4/c15-18(16-21-19-11-13-7-3-1-4-8-13)17-22-20-12-14-9-5-2-6-10-14/h1-10,15H,11-12H2. The molecule has 0 heterocycles. The van der Waals surface area contributed by atoms with E-state index in [1.807, 2.05) is 36.4 Å². The molecule has 2 aromatic carbocycles. The molecular formula is C14H15O3PS4. The molecule has 118 valence electrons. The van der Waals surface area contributed by atoms with Gasteiger partial charge >= 0.3 is 8.60 Å². The zero-order valence-corrected chi connectivity index (χ0v) is 15.7. The van der Waals surface area contributed by atoms with E-state index in [9.17, 15) is 4.89 Å². The molecule has 0 aromatic heterocycles. The van der Waals surface area contributed by atoms with Gasteiger partial charge in [-0.15, -0.1) is 0 Å². The number of hydrogen-bond donors (Lipinski definition) is 1. The molecule has 8 heteroatoms. The largest absolute Gasteiger partial charge is 0.355 e. The molecule has 2 aromatic rings. The Morgan fingerprint density at radius 1 is 0.727 bits per heavy atom. The molecule has 3 nitrogen and oxygen atoms in total. The summed E-state index contributed by atoms with van der Waals surface area (Å²) in [5.74, 6) is 1.65. The smallest absolute Gasteiger partial charge is 0.327 e. The fourth-order valence-corrected chi connectivity index (χ4v) is 6.09. The van der Waals surface area contributed by atoms with E-state index < -0.39 is 8.60 Å². The van der Waals surface area contributed by atoms with Gasteiger partial charge in [0.1, 0.15) is 0 Å². The van der Waals surface area contributed by atoms with Crippen molar-refractivity contribution in [1.29, 1.82) is 0 Å². The van der Waals surface area contributed by atoms with Gasteiger partial charge in [0.15, 0.2) is 0 Å². The lowest BCUT2D eigenvalue weighted by Crippen LogP contribution is -1.78. The lowest BCUT2D eigenvalue weighted by atomic mass is 10.2. The average Bonchev–Trinajstić information content (AvgIpc) is 2.57. The first-order chi connectivity index (χ1) is 10.8. The minimum atomic E-state index is -1.86. The summed E-state index contributed by atoms with van der Waals surface area (Å²) in [5, 5.41) is 0. The predicted molar refractivity (Wildman–Crippen MR) is 102 cm³/mol. The minimum absolute atomic E-state index is 0.824. The average molecular weight is 391 g/mol. The van der Waals surface area contributed by atoms with Gasteiger partial charge in [-0.05, 0) is 11.1 Å². The molecule has 0 fully saturated rings. The topological polar surface area (TPSA) is 38.7 Å². The molecule has 0 spiro atoms. The maximum absolute atomic E-state index is 9.60. The zero-order chi connectivity index (χ0) is 15.5. The van der Waals surface area contributed by atoms with Crippen molar-refractivity contribution in [3.63, 3.8) is 0 Å². The van der Waals surface area contributed by atoms with Gasteiger partial charge in [0.05, 0.1) is 22.1 Å². The highest BCUT2D eigenvalue weighted by Gasteiger charge is 2.09. The fourth-order valence-electron chi connectivity index (χ4n) is 1.44. The van der Waals surface area contributed by atoms with Crippen molar-refractivity contribution in [2.24, 2.45) is 0 Å². The van der Waals surface area contributed by atoms with Crippen LogP contribution in [0.2, 0.25) is 0 Å². The summed E-state index contributed by atoms with van der Waals surface area (Å²) in [6, 6.07) is 20.2. The van der Waals surface area contributed by atoms with E-state index in [2.05, 4.69) is 24.3 Å². The molecule has 0 atom stereocenters. The molecule has 0 bridgehead atoms. The Morgan fingerprint density at radius 2 is 1.14 bits per heavy atom. The molecule has 0 aliphatic rings. The van der Waals surface area contributed by atoms with E-state index in [-0.39, 0.29) is 0 Å². The van der Waals surface area contributed by atoms with Crippen molar-refractivity contribution >= 4 is 52.3 Å². The van der Waals surface area contributed by atoms with Crippen molar-refractivity contribution in [2.45, 2.75) is 11.5 Å². The third-order valence-electron chi connectivity index (χ3n) is 2.42. The zero-order valence-electron chi connectivity index (χ0n) is 11.5. The minimum Gasteiger partial charge on any atom is -0.327 e. The monoisotopic (exact) mass is 390 g/mol. The highest BCUT2D eigenvalue weighted by atomic mass is 33.1. The molecule has 2 rings (SSSR count). The highest BCUT2D eigenvalue weighted by molar-refractivity contribution is 8.75. The summed E-state index contributed by atoms with van der Waals surface area (Å²) in [6.45, 7) is 0. The van der Waals surface area contributed by atoms with E-state index in [0.29, 0.717) is 0 Å². The normalized spacial score (nSPS) is 11.0. The van der Waals surface area contributed by atoms with Crippen LogP contribution in [0.5, 0.6) is 0 Å². The molecular weight excluding hydrogens is 375 g/mol. The first-order valence-corrected chi connectivity index (χ1v) is 12.0. The molecule has 1 N–H and O–H groups in total. The Morgan fingerprint density at radius 3 is 1.55 bits per heavy atom. The summed E-state index contributed by atoms with van der Waals surface area (Å²) < 4.78 is 10.3.